The fourth-order valence-electron chi connectivity index (χ4n) is 3.44. The van der Waals surface area contributed by atoms with Crippen molar-refractivity contribution in [2.45, 2.75) is 18.4 Å². The highest BCUT2D eigenvalue weighted by atomic mass is 31.2. The molecule has 0 amide bonds. The standard InChI is InChI=1S/C15H21N8O6P/c1-17-4-8-9(5-28-30(26,27)22-3-2-18-6-22)29-14(11(8)24)23-7-19-10-12(23)20-15(16)21-13(10)25/h2-3,6-9,11,14,17,24H,4-5H2,1H3,(H,26,27)(H3,16,20,21,25)/t8-,9-,11-,14-/m1/s1. The van der Waals surface area contributed by atoms with E-state index < -0.39 is 37.7 Å². The van der Waals surface area contributed by atoms with Crippen LogP contribution in [0.2, 0.25) is 0 Å². The maximum Gasteiger partial charge on any atom is 0.437 e. The van der Waals surface area contributed by atoms with Crippen LogP contribution in [0.25, 0.3) is 11.2 Å². The van der Waals surface area contributed by atoms with Crippen molar-refractivity contribution >= 4 is 24.9 Å². The Hall–Kier alpha value is -2.61. The molecule has 4 rings (SSSR count). The van der Waals surface area contributed by atoms with Crippen LogP contribution in [0.4, 0.5) is 5.95 Å². The molecule has 1 fully saturated rings. The van der Waals surface area contributed by atoms with E-state index in [-0.39, 0.29) is 23.7 Å². The van der Waals surface area contributed by atoms with Crippen molar-refractivity contribution < 1.29 is 23.8 Å². The summed E-state index contributed by atoms with van der Waals surface area (Å²) in [4.78, 5) is 36.3. The molecule has 6 N–H and O–H groups in total. The Morgan fingerprint density at radius 2 is 2.27 bits per heavy atom. The molecule has 0 radical (unpaired) electrons. The molecule has 162 valence electrons. The van der Waals surface area contributed by atoms with E-state index >= 15 is 0 Å². The van der Waals surface area contributed by atoms with E-state index in [0.717, 1.165) is 4.34 Å². The summed E-state index contributed by atoms with van der Waals surface area (Å²) in [6.45, 7) is 0.0733. The number of ether oxygens (including phenoxy) is 1. The third-order valence-electron chi connectivity index (χ3n) is 4.88. The van der Waals surface area contributed by atoms with E-state index in [4.69, 9.17) is 15.0 Å². The van der Waals surface area contributed by atoms with E-state index in [2.05, 4.69) is 25.3 Å². The summed E-state index contributed by atoms with van der Waals surface area (Å²) in [5.74, 6) is -0.588. The van der Waals surface area contributed by atoms with Gasteiger partial charge in [0.1, 0.15) is 12.4 Å². The second-order valence-electron chi connectivity index (χ2n) is 6.78. The molecule has 0 aliphatic carbocycles. The molecule has 0 spiro atoms. The number of aliphatic hydroxyl groups excluding tert-OH is 1. The fraction of sp³-hybridized carbons (Fsp3) is 0.467. The third kappa shape index (κ3) is 3.64. The van der Waals surface area contributed by atoms with Gasteiger partial charge in [0.25, 0.3) is 5.56 Å². The van der Waals surface area contributed by atoms with Crippen molar-refractivity contribution in [2.75, 3.05) is 25.9 Å². The Labute approximate surface area is 169 Å². The first-order valence-corrected chi connectivity index (χ1v) is 10.5. The number of aromatic nitrogens is 6. The number of aromatic amines is 1. The monoisotopic (exact) mass is 440 g/mol. The van der Waals surface area contributed by atoms with Gasteiger partial charge >= 0.3 is 7.75 Å². The summed E-state index contributed by atoms with van der Waals surface area (Å²) in [6.07, 6.45) is 2.42. The predicted molar refractivity (Wildman–Crippen MR) is 103 cm³/mol. The number of nitrogens with zero attached hydrogens (tertiary/aromatic N) is 5. The van der Waals surface area contributed by atoms with Gasteiger partial charge < -0.3 is 25.8 Å². The molecule has 1 saturated heterocycles. The van der Waals surface area contributed by atoms with Gasteiger partial charge in [-0.15, -0.1) is 0 Å². The van der Waals surface area contributed by atoms with E-state index in [9.17, 15) is 19.4 Å². The smallest absolute Gasteiger partial charge is 0.388 e. The van der Waals surface area contributed by atoms with Crippen LogP contribution in [0.1, 0.15) is 6.23 Å². The van der Waals surface area contributed by atoms with Crippen LogP contribution in [0.3, 0.4) is 0 Å². The minimum atomic E-state index is -4.17. The van der Waals surface area contributed by atoms with E-state index in [0.29, 0.717) is 6.54 Å². The number of nitrogens with two attached hydrogens (primary N) is 1. The SMILES string of the molecule is CNC[C@H]1[C@@H](O)[C@H](n2cnc3c(=O)[nH]c(N)nc32)O[C@@H]1COP(=O)(O)n1ccnc1. The first-order valence-electron chi connectivity index (χ1n) is 8.98. The number of rotatable bonds is 7. The summed E-state index contributed by atoms with van der Waals surface area (Å²) in [6, 6.07) is 0. The van der Waals surface area contributed by atoms with Gasteiger partial charge in [0.05, 0.1) is 19.0 Å². The number of anilines is 1. The Bertz CT molecular complexity index is 1130. The number of hydrogen-bond donors (Lipinski definition) is 5. The van der Waals surface area contributed by atoms with Gasteiger partial charge in [0.15, 0.2) is 17.4 Å². The molecule has 4 heterocycles. The summed E-state index contributed by atoms with van der Waals surface area (Å²) >= 11 is 0. The molecule has 3 aromatic rings. The van der Waals surface area contributed by atoms with Crippen molar-refractivity contribution in [1.82, 2.24) is 34.2 Å². The largest absolute Gasteiger partial charge is 0.437 e. The Kier molecular flexibility index (Phi) is 5.44. The third-order valence-corrected chi connectivity index (χ3v) is 6.18. The average molecular weight is 440 g/mol. The predicted octanol–water partition coefficient (Wildman–Crippen LogP) is -1.34. The lowest BCUT2D eigenvalue weighted by Crippen LogP contribution is -2.36. The molecule has 1 unspecified atom stereocenters. The lowest BCUT2D eigenvalue weighted by molar-refractivity contribution is -0.0472. The highest BCUT2D eigenvalue weighted by Crippen LogP contribution is 2.45. The number of imidazole rings is 2. The van der Waals surface area contributed by atoms with Crippen molar-refractivity contribution in [3.63, 3.8) is 0 Å². The van der Waals surface area contributed by atoms with Crippen LogP contribution in [-0.2, 0) is 13.8 Å². The van der Waals surface area contributed by atoms with Crippen molar-refractivity contribution in [1.29, 1.82) is 0 Å². The number of H-pyrrole nitrogens is 1. The fourth-order valence-corrected chi connectivity index (χ4v) is 4.33. The first kappa shape index (κ1) is 20.7. The highest BCUT2D eigenvalue weighted by molar-refractivity contribution is 7.51. The van der Waals surface area contributed by atoms with Gasteiger partial charge in [0, 0.05) is 24.9 Å². The molecule has 0 saturated carbocycles. The van der Waals surface area contributed by atoms with Gasteiger partial charge in [0.2, 0.25) is 5.95 Å². The lowest BCUT2D eigenvalue weighted by Gasteiger charge is -2.21. The van der Waals surface area contributed by atoms with Gasteiger partial charge in [-0.3, -0.25) is 18.9 Å². The van der Waals surface area contributed by atoms with Crippen molar-refractivity contribution in [2.24, 2.45) is 5.92 Å². The molecule has 1 aliphatic rings. The van der Waals surface area contributed by atoms with Crippen molar-refractivity contribution in [3.8, 4) is 0 Å². The normalized spacial score (nSPS) is 26.2. The quantitative estimate of drug-likeness (QED) is 0.273. The lowest BCUT2D eigenvalue weighted by atomic mass is 9.98. The van der Waals surface area contributed by atoms with E-state index in [1.165, 1.54) is 29.6 Å². The molecule has 5 atom stereocenters. The maximum absolute atomic E-state index is 12.4. The van der Waals surface area contributed by atoms with E-state index in [1.807, 2.05) is 0 Å². The number of aliphatic hydroxyl groups is 1. The molecule has 15 heteroatoms. The highest BCUT2D eigenvalue weighted by Gasteiger charge is 2.45. The Balaban J connectivity index is 1.60. The number of nitrogen functional groups attached to an aromatic ring is 1. The number of fused-ring (bicyclic) bond motifs is 1. The van der Waals surface area contributed by atoms with Crippen LogP contribution in [0, 0.1) is 5.92 Å². The van der Waals surface area contributed by atoms with Crippen LogP contribution in [0.5, 0.6) is 0 Å². The molecule has 0 aromatic carbocycles. The maximum atomic E-state index is 12.4. The van der Waals surface area contributed by atoms with Crippen LogP contribution < -0.4 is 16.6 Å². The van der Waals surface area contributed by atoms with Crippen LogP contribution in [-0.4, -0.2) is 71.2 Å². The molecule has 0 bridgehead atoms. The number of hydrogen-bond acceptors (Lipinski definition) is 10. The molecule has 30 heavy (non-hydrogen) atoms. The van der Waals surface area contributed by atoms with Gasteiger partial charge in [-0.2, -0.15) is 4.98 Å². The Morgan fingerprint density at radius 3 is 2.97 bits per heavy atom. The molecular weight excluding hydrogens is 419 g/mol. The zero-order chi connectivity index (χ0) is 21.5. The Morgan fingerprint density at radius 1 is 1.47 bits per heavy atom. The summed E-state index contributed by atoms with van der Waals surface area (Å²) in [5.41, 5.74) is 5.30. The molecule has 3 aromatic heterocycles. The topological polar surface area (TPSA) is 195 Å². The molecule has 14 nitrogen and oxygen atoms in total. The minimum Gasteiger partial charge on any atom is -0.388 e. The van der Waals surface area contributed by atoms with Crippen LogP contribution in [0.15, 0.2) is 29.8 Å². The van der Waals surface area contributed by atoms with Gasteiger partial charge in [-0.05, 0) is 7.05 Å². The minimum absolute atomic E-state index is 0.0461. The van der Waals surface area contributed by atoms with Gasteiger partial charge in [-0.25, -0.2) is 18.9 Å². The second-order valence-corrected chi connectivity index (χ2v) is 8.48. The van der Waals surface area contributed by atoms with Gasteiger partial charge in [-0.1, -0.05) is 0 Å². The first-order chi connectivity index (χ1) is 14.3. The van der Waals surface area contributed by atoms with Crippen LogP contribution >= 0.6 is 7.75 Å². The number of nitrogens with one attached hydrogen (secondary N) is 2. The zero-order valence-electron chi connectivity index (χ0n) is 15.8. The second kappa shape index (κ2) is 7.91. The average Bonchev–Trinajstić information content (AvgIpc) is 3.41. The van der Waals surface area contributed by atoms with Crippen molar-refractivity contribution in [3.05, 3.63) is 35.4 Å². The summed E-state index contributed by atoms with van der Waals surface area (Å²) < 4.78 is 25.9. The molecular formula is C15H21N8O6P. The summed E-state index contributed by atoms with van der Waals surface area (Å²) in [5, 5.41) is 13.8. The van der Waals surface area contributed by atoms with E-state index in [1.54, 1.807) is 7.05 Å². The zero-order valence-corrected chi connectivity index (χ0v) is 16.7. The molecule has 1 aliphatic heterocycles. The summed E-state index contributed by atoms with van der Waals surface area (Å²) in [7, 11) is -2.46.